The van der Waals surface area contributed by atoms with Crippen LogP contribution in [0.1, 0.15) is 18.4 Å². The summed E-state index contributed by atoms with van der Waals surface area (Å²) in [6, 6.07) is 5.66. The molecule has 0 saturated carbocycles. The molecule has 1 aromatic carbocycles. The van der Waals surface area contributed by atoms with Crippen molar-refractivity contribution < 1.29 is 19.1 Å². The molecule has 0 aliphatic carbocycles. The zero-order chi connectivity index (χ0) is 14.7. The summed E-state index contributed by atoms with van der Waals surface area (Å²) in [6.45, 7) is 1.98. The first-order valence-corrected chi connectivity index (χ1v) is 7.15. The molecular formula is C15H18N2O4. The Morgan fingerprint density at radius 2 is 2.10 bits per heavy atom. The first kappa shape index (κ1) is 13.7. The van der Waals surface area contributed by atoms with Gasteiger partial charge in [0.25, 0.3) is 0 Å². The molecule has 6 nitrogen and oxygen atoms in total. The van der Waals surface area contributed by atoms with Crippen LogP contribution < -0.4 is 20.1 Å². The molecule has 3 rings (SSSR count). The van der Waals surface area contributed by atoms with E-state index in [2.05, 4.69) is 10.6 Å². The second kappa shape index (κ2) is 6.03. The predicted molar refractivity (Wildman–Crippen MR) is 75.0 cm³/mol. The number of ether oxygens (including phenoxy) is 2. The number of rotatable bonds is 3. The number of nitrogens with one attached hydrogen (secondary N) is 2. The Balaban J connectivity index is 1.55. The topological polar surface area (TPSA) is 76.7 Å². The largest absolute Gasteiger partial charge is 0.486 e. The summed E-state index contributed by atoms with van der Waals surface area (Å²) in [5, 5.41) is 5.62. The number of carbonyl (C=O) groups is 2. The van der Waals surface area contributed by atoms with E-state index in [4.69, 9.17) is 9.47 Å². The van der Waals surface area contributed by atoms with Crippen molar-refractivity contribution in [2.24, 2.45) is 5.92 Å². The Kier molecular flexibility index (Phi) is 3.94. The van der Waals surface area contributed by atoms with Gasteiger partial charge in [-0.3, -0.25) is 9.59 Å². The Bertz CT molecular complexity index is 549. The van der Waals surface area contributed by atoms with Gasteiger partial charge in [0.1, 0.15) is 13.2 Å². The molecule has 2 amide bonds. The number of hydrogen-bond donors (Lipinski definition) is 2. The number of benzene rings is 1. The lowest BCUT2D eigenvalue weighted by molar-refractivity contribution is -0.129. The quantitative estimate of drug-likeness (QED) is 0.854. The second-order valence-electron chi connectivity index (χ2n) is 5.24. The maximum atomic E-state index is 12.0. The summed E-state index contributed by atoms with van der Waals surface area (Å²) in [6.07, 6.45) is 1.03. The van der Waals surface area contributed by atoms with Gasteiger partial charge < -0.3 is 20.1 Å². The van der Waals surface area contributed by atoms with Crippen LogP contribution in [-0.2, 0) is 16.1 Å². The van der Waals surface area contributed by atoms with Crippen molar-refractivity contribution >= 4 is 11.8 Å². The Hall–Kier alpha value is -2.24. The standard InChI is InChI=1S/C15H18N2O4/c18-14-4-2-11(9-16-14)15(19)17-8-10-1-3-12-13(7-10)21-6-5-20-12/h1,3,7,11H,2,4-6,8-9H2,(H,16,18)(H,17,19)/t11-/m1/s1. The summed E-state index contributed by atoms with van der Waals surface area (Å²) >= 11 is 0. The van der Waals surface area contributed by atoms with Gasteiger partial charge in [-0.1, -0.05) is 6.07 Å². The van der Waals surface area contributed by atoms with Gasteiger partial charge in [-0.2, -0.15) is 0 Å². The van der Waals surface area contributed by atoms with Crippen molar-refractivity contribution in [2.45, 2.75) is 19.4 Å². The van der Waals surface area contributed by atoms with E-state index in [9.17, 15) is 9.59 Å². The molecule has 1 atom stereocenters. The molecule has 6 heteroatoms. The smallest absolute Gasteiger partial charge is 0.225 e. The van der Waals surface area contributed by atoms with Gasteiger partial charge >= 0.3 is 0 Å². The van der Waals surface area contributed by atoms with Crippen molar-refractivity contribution in [2.75, 3.05) is 19.8 Å². The lowest BCUT2D eigenvalue weighted by Gasteiger charge is -2.22. The third-order valence-electron chi connectivity index (χ3n) is 3.71. The van der Waals surface area contributed by atoms with Crippen LogP contribution in [0.25, 0.3) is 0 Å². The number of fused-ring (bicyclic) bond motifs is 1. The zero-order valence-electron chi connectivity index (χ0n) is 11.7. The zero-order valence-corrected chi connectivity index (χ0v) is 11.7. The second-order valence-corrected chi connectivity index (χ2v) is 5.24. The molecule has 1 aromatic rings. The van der Waals surface area contributed by atoms with E-state index in [1.165, 1.54) is 0 Å². The molecule has 2 N–H and O–H groups in total. The minimum absolute atomic E-state index is 0.0193. The molecule has 21 heavy (non-hydrogen) atoms. The maximum absolute atomic E-state index is 12.0. The molecule has 0 radical (unpaired) electrons. The molecule has 1 fully saturated rings. The van der Waals surface area contributed by atoms with Gasteiger partial charge in [0.2, 0.25) is 11.8 Å². The van der Waals surface area contributed by atoms with Crippen LogP contribution in [-0.4, -0.2) is 31.6 Å². The SMILES string of the molecule is O=C1CC[C@@H](C(=O)NCc2ccc3c(c2)OCCO3)CN1. The summed E-state index contributed by atoms with van der Waals surface area (Å²) in [5.41, 5.74) is 0.965. The van der Waals surface area contributed by atoms with Gasteiger partial charge in [-0.15, -0.1) is 0 Å². The third kappa shape index (κ3) is 3.26. The van der Waals surface area contributed by atoms with Crippen LogP contribution in [0, 0.1) is 5.92 Å². The van der Waals surface area contributed by atoms with Gasteiger partial charge in [0, 0.05) is 19.5 Å². The number of hydrogen-bond acceptors (Lipinski definition) is 4. The molecule has 2 aliphatic heterocycles. The predicted octanol–water partition coefficient (Wildman–Crippen LogP) is 0.600. The van der Waals surface area contributed by atoms with E-state index >= 15 is 0 Å². The molecule has 112 valence electrons. The average Bonchev–Trinajstić information content (AvgIpc) is 2.53. The molecule has 0 aromatic heterocycles. The molecule has 2 aliphatic rings. The highest BCUT2D eigenvalue weighted by atomic mass is 16.6. The van der Waals surface area contributed by atoms with Crippen molar-refractivity contribution in [1.29, 1.82) is 0 Å². The minimum Gasteiger partial charge on any atom is -0.486 e. The van der Waals surface area contributed by atoms with E-state index in [1.54, 1.807) is 0 Å². The van der Waals surface area contributed by atoms with Crippen molar-refractivity contribution in [3.8, 4) is 11.5 Å². The molecule has 0 bridgehead atoms. The number of amides is 2. The van der Waals surface area contributed by atoms with E-state index in [1.807, 2.05) is 18.2 Å². The fourth-order valence-electron chi connectivity index (χ4n) is 2.49. The van der Waals surface area contributed by atoms with Crippen molar-refractivity contribution in [3.05, 3.63) is 23.8 Å². The van der Waals surface area contributed by atoms with Crippen LogP contribution in [0.2, 0.25) is 0 Å². The van der Waals surface area contributed by atoms with Gasteiger partial charge in [-0.05, 0) is 24.1 Å². The van der Waals surface area contributed by atoms with Crippen LogP contribution >= 0.6 is 0 Å². The van der Waals surface area contributed by atoms with E-state index in [0.29, 0.717) is 39.1 Å². The van der Waals surface area contributed by atoms with Gasteiger partial charge in [0.05, 0.1) is 5.92 Å². The highest BCUT2D eigenvalue weighted by Gasteiger charge is 2.24. The van der Waals surface area contributed by atoms with E-state index in [-0.39, 0.29) is 17.7 Å². The Morgan fingerprint density at radius 1 is 1.29 bits per heavy atom. The maximum Gasteiger partial charge on any atom is 0.225 e. The summed E-state index contributed by atoms with van der Waals surface area (Å²) in [5.74, 6) is 1.32. The minimum atomic E-state index is -0.139. The fraction of sp³-hybridized carbons (Fsp3) is 0.467. The molecular weight excluding hydrogens is 272 g/mol. The van der Waals surface area contributed by atoms with E-state index < -0.39 is 0 Å². The van der Waals surface area contributed by atoms with Gasteiger partial charge in [0.15, 0.2) is 11.5 Å². The first-order chi connectivity index (χ1) is 10.2. The van der Waals surface area contributed by atoms with Crippen LogP contribution in [0.15, 0.2) is 18.2 Å². The summed E-state index contributed by atoms with van der Waals surface area (Å²) < 4.78 is 11.0. The first-order valence-electron chi connectivity index (χ1n) is 7.15. The normalized spacial score (nSPS) is 20.6. The monoisotopic (exact) mass is 290 g/mol. The van der Waals surface area contributed by atoms with Crippen molar-refractivity contribution in [1.82, 2.24) is 10.6 Å². The van der Waals surface area contributed by atoms with Crippen LogP contribution in [0.4, 0.5) is 0 Å². The van der Waals surface area contributed by atoms with Crippen LogP contribution in [0.3, 0.4) is 0 Å². The number of carbonyl (C=O) groups excluding carboxylic acids is 2. The van der Waals surface area contributed by atoms with Gasteiger partial charge in [-0.25, -0.2) is 0 Å². The lowest BCUT2D eigenvalue weighted by atomic mass is 9.98. The third-order valence-corrected chi connectivity index (χ3v) is 3.71. The average molecular weight is 290 g/mol. The highest BCUT2D eigenvalue weighted by Crippen LogP contribution is 2.30. The number of piperidine rings is 1. The van der Waals surface area contributed by atoms with Crippen LogP contribution in [0.5, 0.6) is 11.5 Å². The Labute approximate surface area is 122 Å². The fourth-order valence-corrected chi connectivity index (χ4v) is 2.49. The van der Waals surface area contributed by atoms with E-state index in [0.717, 1.165) is 17.1 Å². The Morgan fingerprint density at radius 3 is 2.86 bits per heavy atom. The summed E-state index contributed by atoms with van der Waals surface area (Å²) in [4.78, 5) is 23.1. The summed E-state index contributed by atoms with van der Waals surface area (Å²) in [7, 11) is 0. The molecule has 0 unspecified atom stereocenters. The highest BCUT2D eigenvalue weighted by molar-refractivity contribution is 5.83. The van der Waals surface area contributed by atoms with Crippen molar-refractivity contribution in [3.63, 3.8) is 0 Å². The molecule has 0 spiro atoms. The molecule has 1 saturated heterocycles. The molecule has 2 heterocycles. The lowest BCUT2D eigenvalue weighted by Crippen LogP contribution is -2.42.